The molecule has 1 N–H and O–H groups in total. The number of alkyl carbamates (subject to hydrolysis) is 1. The zero-order valence-corrected chi connectivity index (χ0v) is 10.8. The van der Waals surface area contributed by atoms with Crippen molar-refractivity contribution in [1.29, 1.82) is 0 Å². The Labute approximate surface area is 100 Å². The molecular weight excluding hydrogens is 226 g/mol. The number of nitrogens with one attached hydrogen (secondary N) is 1. The van der Waals surface area contributed by atoms with Crippen molar-refractivity contribution >= 4 is 24.1 Å². The van der Waals surface area contributed by atoms with Gasteiger partial charge in [-0.25, -0.2) is 4.79 Å². The van der Waals surface area contributed by atoms with Gasteiger partial charge in [0.05, 0.1) is 6.04 Å². The highest BCUT2D eigenvalue weighted by Crippen LogP contribution is 2.28. The second kappa shape index (κ2) is 5.57. The summed E-state index contributed by atoms with van der Waals surface area (Å²) in [6.07, 6.45) is 2.36. The van der Waals surface area contributed by atoms with Gasteiger partial charge in [-0.2, -0.15) is 11.8 Å². The number of ether oxygens (including phenoxy) is 1. The second-order valence-corrected chi connectivity index (χ2v) is 6.21. The molecule has 16 heavy (non-hydrogen) atoms. The molecule has 1 rings (SSSR count). The molecule has 1 amide bonds. The normalized spacial score (nSPS) is 22.6. The van der Waals surface area contributed by atoms with Crippen molar-refractivity contribution in [3.8, 4) is 0 Å². The van der Waals surface area contributed by atoms with E-state index in [1.165, 1.54) is 0 Å². The molecular formula is C11H19NO3S. The minimum atomic E-state index is -0.527. The van der Waals surface area contributed by atoms with Crippen LogP contribution in [0.1, 0.15) is 33.6 Å². The fraction of sp³-hybridized carbons (Fsp3) is 0.818. The van der Waals surface area contributed by atoms with Gasteiger partial charge in [-0.1, -0.05) is 0 Å². The van der Waals surface area contributed by atoms with Crippen molar-refractivity contribution in [3.63, 3.8) is 0 Å². The predicted molar refractivity (Wildman–Crippen MR) is 64.7 cm³/mol. The molecule has 0 radical (unpaired) electrons. The first-order chi connectivity index (χ1) is 7.42. The molecule has 0 aromatic heterocycles. The highest BCUT2D eigenvalue weighted by Gasteiger charge is 2.28. The smallest absolute Gasteiger partial charge is 0.408 e. The summed E-state index contributed by atoms with van der Waals surface area (Å²) in [7, 11) is 0. The summed E-state index contributed by atoms with van der Waals surface area (Å²) in [4.78, 5) is 22.4. The van der Waals surface area contributed by atoms with Gasteiger partial charge in [0.25, 0.3) is 0 Å². The van der Waals surface area contributed by atoms with Gasteiger partial charge in [0.2, 0.25) is 0 Å². The minimum Gasteiger partial charge on any atom is -0.444 e. The Bertz CT molecular complexity index is 256. The second-order valence-electron chi connectivity index (χ2n) is 4.86. The van der Waals surface area contributed by atoms with Crippen LogP contribution in [0.5, 0.6) is 0 Å². The monoisotopic (exact) mass is 245 g/mol. The number of thioether (sulfide) groups is 1. The van der Waals surface area contributed by atoms with Gasteiger partial charge in [0, 0.05) is 5.25 Å². The van der Waals surface area contributed by atoms with E-state index in [-0.39, 0.29) is 5.25 Å². The molecule has 0 aromatic carbocycles. The van der Waals surface area contributed by atoms with Crippen LogP contribution in [-0.4, -0.2) is 35.0 Å². The molecule has 1 saturated heterocycles. The van der Waals surface area contributed by atoms with E-state index >= 15 is 0 Å². The van der Waals surface area contributed by atoms with Gasteiger partial charge >= 0.3 is 6.09 Å². The fourth-order valence-electron chi connectivity index (χ4n) is 1.54. The molecule has 1 aliphatic heterocycles. The molecule has 0 bridgehead atoms. The van der Waals surface area contributed by atoms with Crippen molar-refractivity contribution in [3.05, 3.63) is 0 Å². The highest BCUT2D eigenvalue weighted by molar-refractivity contribution is 8.00. The predicted octanol–water partition coefficient (Wildman–Crippen LogP) is 1.97. The molecule has 5 heteroatoms. The van der Waals surface area contributed by atoms with Gasteiger partial charge in [-0.05, 0) is 39.4 Å². The van der Waals surface area contributed by atoms with Crippen LogP contribution in [0.25, 0.3) is 0 Å². The van der Waals surface area contributed by atoms with Crippen LogP contribution in [0, 0.1) is 0 Å². The number of carbonyl (C=O) groups excluding carboxylic acids is 2. The van der Waals surface area contributed by atoms with Gasteiger partial charge in [-0.15, -0.1) is 0 Å². The van der Waals surface area contributed by atoms with Crippen molar-refractivity contribution in [1.82, 2.24) is 5.32 Å². The van der Waals surface area contributed by atoms with E-state index in [1.807, 2.05) is 0 Å². The fourth-order valence-corrected chi connectivity index (χ4v) is 2.85. The molecule has 92 valence electrons. The summed E-state index contributed by atoms with van der Waals surface area (Å²) in [6.45, 7) is 5.40. The molecule has 1 heterocycles. The quantitative estimate of drug-likeness (QED) is 0.772. The number of hydrogen-bond donors (Lipinski definition) is 1. The van der Waals surface area contributed by atoms with Crippen molar-refractivity contribution < 1.29 is 14.3 Å². The van der Waals surface area contributed by atoms with E-state index in [9.17, 15) is 9.59 Å². The first-order valence-electron chi connectivity index (χ1n) is 5.49. The Morgan fingerprint density at radius 3 is 2.69 bits per heavy atom. The van der Waals surface area contributed by atoms with Crippen molar-refractivity contribution in [2.24, 2.45) is 0 Å². The number of carbonyl (C=O) groups is 2. The van der Waals surface area contributed by atoms with Crippen LogP contribution in [0.3, 0.4) is 0 Å². The van der Waals surface area contributed by atoms with Crippen molar-refractivity contribution in [2.75, 3.05) is 5.75 Å². The maximum Gasteiger partial charge on any atom is 0.408 e. The summed E-state index contributed by atoms with van der Waals surface area (Å²) in [6, 6.07) is -0.428. The maximum atomic E-state index is 11.5. The Balaban J connectivity index is 2.43. The van der Waals surface area contributed by atoms with Crippen LogP contribution in [0.4, 0.5) is 4.79 Å². The largest absolute Gasteiger partial charge is 0.444 e. The molecule has 1 aliphatic rings. The summed E-state index contributed by atoms with van der Waals surface area (Å²) in [5.74, 6) is 1.06. The molecule has 0 saturated carbocycles. The van der Waals surface area contributed by atoms with Crippen molar-refractivity contribution in [2.45, 2.75) is 50.5 Å². The lowest BCUT2D eigenvalue weighted by Gasteiger charge is -2.23. The van der Waals surface area contributed by atoms with E-state index in [2.05, 4.69) is 5.32 Å². The number of amides is 1. The SMILES string of the molecule is CC(C)(C)OC(=O)NC(C=O)C1CCCS1. The van der Waals surface area contributed by atoms with Crippen LogP contribution in [0.15, 0.2) is 0 Å². The summed E-state index contributed by atoms with van der Waals surface area (Å²) >= 11 is 1.73. The average molecular weight is 245 g/mol. The standard InChI is InChI=1S/C11H19NO3S/c1-11(2,3)15-10(14)12-8(7-13)9-5-4-6-16-9/h7-9H,4-6H2,1-3H3,(H,12,14). The van der Waals surface area contributed by atoms with E-state index < -0.39 is 17.7 Å². The van der Waals surface area contributed by atoms with E-state index in [1.54, 1.807) is 32.5 Å². The molecule has 4 nitrogen and oxygen atoms in total. The van der Waals surface area contributed by atoms with Gasteiger partial charge in [0.1, 0.15) is 11.9 Å². The van der Waals surface area contributed by atoms with Crippen LogP contribution >= 0.6 is 11.8 Å². The number of hydrogen-bond acceptors (Lipinski definition) is 4. The minimum absolute atomic E-state index is 0.199. The Kier molecular flexibility index (Phi) is 4.65. The highest BCUT2D eigenvalue weighted by atomic mass is 32.2. The average Bonchev–Trinajstić information content (AvgIpc) is 2.63. The third-order valence-corrected chi connectivity index (χ3v) is 3.68. The van der Waals surface area contributed by atoms with E-state index in [0.717, 1.165) is 24.9 Å². The lowest BCUT2D eigenvalue weighted by molar-refractivity contribution is -0.109. The van der Waals surface area contributed by atoms with Gasteiger partial charge in [-0.3, -0.25) is 0 Å². The number of aldehydes is 1. The Morgan fingerprint density at radius 1 is 1.56 bits per heavy atom. The molecule has 0 spiro atoms. The van der Waals surface area contributed by atoms with Crippen LogP contribution in [0.2, 0.25) is 0 Å². The lowest BCUT2D eigenvalue weighted by Crippen LogP contribution is -2.44. The Hall–Kier alpha value is -0.710. The van der Waals surface area contributed by atoms with Crippen LogP contribution < -0.4 is 5.32 Å². The molecule has 1 fully saturated rings. The van der Waals surface area contributed by atoms with E-state index in [0.29, 0.717) is 0 Å². The number of rotatable bonds is 3. The molecule has 2 atom stereocenters. The first kappa shape index (κ1) is 13.4. The topological polar surface area (TPSA) is 55.4 Å². The summed E-state index contributed by atoms with van der Waals surface area (Å²) < 4.78 is 5.11. The molecule has 0 aliphatic carbocycles. The zero-order valence-electron chi connectivity index (χ0n) is 9.99. The summed E-state index contributed by atoms with van der Waals surface area (Å²) in [5.41, 5.74) is -0.527. The molecule has 0 aromatic rings. The third kappa shape index (κ3) is 4.43. The third-order valence-electron chi connectivity index (χ3n) is 2.20. The first-order valence-corrected chi connectivity index (χ1v) is 6.53. The van der Waals surface area contributed by atoms with E-state index in [4.69, 9.17) is 4.74 Å². The lowest BCUT2D eigenvalue weighted by atomic mass is 10.1. The van der Waals surface area contributed by atoms with Crippen LogP contribution in [-0.2, 0) is 9.53 Å². The Morgan fingerprint density at radius 2 is 2.25 bits per heavy atom. The van der Waals surface area contributed by atoms with Gasteiger partial charge < -0.3 is 14.8 Å². The zero-order chi connectivity index (χ0) is 12.2. The van der Waals surface area contributed by atoms with Gasteiger partial charge in [0.15, 0.2) is 0 Å². The maximum absolute atomic E-state index is 11.5. The molecule has 2 unspecified atom stereocenters. The summed E-state index contributed by atoms with van der Waals surface area (Å²) in [5, 5.41) is 2.81.